The van der Waals surface area contributed by atoms with Crippen LogP contribution in [0.4, 0.5) is 0 Å². The van der Waals surface area contributed by atoms with Crippen molar-refractivity contribution >= 4 is 54.8 Å². The van der Waals surface area contributed by atoms with Crippen LogP contribution in [0.1, 0.15) is 43.7 Å². The molecule has 2 fully saturated rings. The van der Waals surface area contributed by atoms with Crippen LogP contribution in [0.25, 0.3) is 10.8 Å². The zero-order valence-corrected chi connectivity index (χ0v) is 21.7. The highest BCUT2D eigenvalue weighted by atomic mass is 79.9. The molecule has 33 heavy (non-hydrogen) atoms. The van der Waals surface area contributed by atoms with Crippen LogP contribution in [0.5, 0.6) is 5.75 Å². The Morgan fingerprint density at radius 1 is 1.15 bits per heavy atom. The zero-order valence-electron chi connectivity index (χ0n) is 18.5. The third-order valence-corrected chi connectivity index (χ3v) is 8.45. The van der Waals surface area contributed by atoms with Crippen LogP contribution >= 0.6 is 31.9 Å². The summed E-state index contributed by atoms with van der Waals surface area (Å²) in [6.07, 6.45) is 6.47. The molecule has 2 aliphatic carbocycles. The van der Waals surface area contributed by atoms with Crippen molar-refractivity contribution in [3.8, 4) is 5.75 Å². The summed E-state index contributed by atoms with van der Waals surface area (Å²) in [6.45, 7) is 2.71. The average Bonchev–Trinajstić information content (AvgIpc) is 3.44. The molecule has 0 unspecified atom stereocenters. The Morgan fingerprint density at radius 3 is 2.67 bits per heavy atom. The Hall–Kier alpha value is -2.18. The van der Waals surface area contributed by atoms with Gasteiger partial charge in [0.05, 0.1) is 15.2 Å². The maximum atomic E-state index is 12.6. The van der Waals surface area contributed by atoms with E-state index in [-0.39, 0.29) is 17.2 Å². The minimum Gasteiger partial charge on any atom is -0.487 e. The number of benzene rings is 3. The predicted octanol–water partition coefficient (Wildman–Crippen LogP) is 7.22. The smallest absolute Gasteiger partial charge is 0.244 e. The van der Waals surface area contributed by atoms with Crippen LogP contribution in [-0.4, -0.2) is 12.1 Å². The summed E-state index contributed by atoms with van der Waals surface area (Å²) in [5.41, 5.74) is 4.95. The number of hydrogen-bond acceptors (Lipinski definition) is 3. The van der Waals surface area contributed by atoms with Gasteiger partial charge in [0.15, 0.2) is 0 Å². The van der Waals surface area contributed by atoms with Gasteiger partial charge in [-0.3, -0.25) is 4.79 Å². The lowest BCUT2D eigenvalue weighted by atomic mass is 9.90. The fourth-order valence-corrected chi connectivity index (χ4v) is 6.90. The molecule has 0 radical (unpaired) electrons. The quantitative estimate of drug-likeness (QED) is 0.252. The second-order valence-corrected chi connectivity index (χ2v) is 11.0. The van der Waals surface area contributed by atoms with Gasteiger partial charge in [0, 0.05) is 5.92 Å². The molecular weight excluding hydrogens is 544 g/mol. The van der Waals surface area contributed by atoms with Crippen molar-refractivity contribution in [2.24, 2.45) is 22.4 Å². The van der Waals surface area contributed by atoms with E-state index >= 15 is 0 Å². The number of ether oxygens (including phenoxy) is 1. The fraction of sp³-hybridized carbons (Fsp3) is 0.333. The van der Waals surface area contributed by atoms with E-state index in [1.165, 1.54) is 30.0 Å². The second kappa shape index (κ2) is 9.22. The molecule has 3 aromatic carbocycles. The Bertz CT molecular complexity index is 1210. The van der Waals surface area contributed by atoms with E-state index in [2.05, 4.69) is 79.6 Å². The summed E-state index contributed by atoms with van der Waals surface area (Å²) in [4.78, 5) is 12.6. The average molecular weight is 570 g/mol. The van der Waals surface area contributed by atoms with Gasteiger partial charge in [0.2, 0.25) is 5.91 Å². The molecule has 170 valence electrons. The van der Waals surface area contributed by atoms with Gasteiger partial charge in [0.25, 0.3) is 0 Å². The normalized spacial score (nSPS) is 24.0. The van der Waals surface area contributed by atoms with Gasteiger partial charge in [-0.2, -0.15) is 5.10 Å². The molecule has 0 bridgehead atoms. The topological polar surface area (TPSA) is 50.7 Å². The summed E-state index contributed by atoms with van der Waals surface area (Å²) in [5, 5.41) is 6.61. The number of hydrogen-bond donors (Lipinski definition) is 1. The number of rotatable bonds is 6. The van der Waals surface area contributed by atoms with E-state index in [1.54, 1.807) is 6.21 Å². The number of halogens is 2. The van der Waals surface area contributed by atoms with E-state index in [0.717, 1.165) is 32.2 Å². The molecule has 0 aliphatic heterocycles. The molecule has 1 amide bonds. The molecule has 3 aromatic rings. The number of carbonyl (C=O) groups is 1. The third-order valence-electron chi connectivity index (χ3n) is 7.27. The molecular formula is C27H26Br2N2O2. The first-order valence-electron chi connectivity index (χ1n) is 11.4. The van der Waals surface area contributed by atoms with Gasteiger partial charge < -0.3 is 4.74 Å². The Balaban J connectivity index is 1.23. The SMILES string of the molecule is C[C@@]12CCCC[C@H]1[C@@H]2C(=O)N/N=C\c1cc(Br)c(OCc2cccc3ccccc23)c(Br)c1. The molecule has 2 saturated carbocycles. The lowest BCUT2D eigenvalue weighted by Crippen LogP contribution is -2.22. The lowest BCUT2D eigenvalue weighted by molar-refractivity contribution is -0.123. The molecule has 0 saturated heterocycles. The lowest BCUT2D eigenvalue weighted by Gasteiger charge is -2.15. The van der Waals surface area contributed by atoms with E-state index in [9.17, 15) is 4.79 Å². The monoisotopic (exact) mass is 568 g/mol. The van der Waals surface area contributed by atoms with Crippen LogP contribution in [0.3, 0.4) is 0 Å². The maximum absolute atomic E-state index is 12.6. The minimum atomic E-state index is 0.0498. The third kappa shape index (κ3) is 4.47. The van der Waals surface area contributed by atoms with Gasteiger partial charge in [-0.25, -0.2) is 5.43 Å². The first-order chi connectivity index (χ1) is 16.0. The van der Waals surface area contributed by atoms with Crippen LogP contribution in [-0.2, 0) is 11.4 Å². The number of nitrogens with zero attached hydrogens (tertiary/aromatic N) is 1. The molecule has 1 N–H and O–H groups in total. The molecule has 5 rings (SSSR count). The highest BCUT2D eigenvalue weighted by Gasteiger charge is 2.64. The highest BCUT2D eigenvalue weighted by molar-refractivity contribution is 9.11. The van der Waals surface area contributed by atoms with Crippen molar-refractivity contribution < 1.29 is 9.53 Å². The van der Waals surface area contributed by atoms with Gasteiger partial charge >= 0.3 is 0 Å². The molecule has 0 aromatic heterocycles. The van der Waals surface area contributed by atoms with Crippen LogP contribution < -0.4 is 10.2 Å². The highest BCUT2D eigenvalue weighted by Crippen LogP contribution is 2.66. The summed E-state index contributed by atoms with van der Waals surface area (Å²) in [6, 6.07) is 18.4. The number of amides is 1. The van der Waals surface area contributed by atoms with E-state index in [4.69, 9.17) is 4.74 Å². The first kappa shape index (κ1) is 22.6. The van der Waals surface area contributed by atoms with Gasteiger partial charge in [-0.05, 0) is 90.1 Å². The second-order valence-electron chi connectivity index (χ2n) is 9.31. The maximum Gasteiger partial charge on any atom is 0.244 e. The van der Waals surface area contributed by atoms with Gasteiger partial charge in [-0.15, -0.1) is 0 Å². The summed E-state index contributed by atoms with van der Waals surface area (Å²) < 4.78 is 7.81. The van der Waals surface area contributed by atoms with Crippen molar-refractivity contribution in [3.63, 3.8) is 0 Å². The number of fused-ring (bicyclic) bond motifs is 2. The Kier molecular flexibility index (Phi) is 6.32. The summed E-state index contributed by atoms with van der Waals surface area (Å²) in [5.74, 6) is 1.43. The largest absolute Gasteiger partial charge is 0.487 e. The first-order valence-corrected chi connectivity index (χ1v) is 13.0. The Labute approximate surface area is 211 Å². The van der Waals surface area contributed by atoms with Crippen molar-refractivity contribution in [3.05, 3.63) is 74.7 Å². The molecule has 0 heterocycles. The summed E-state index contributed by atoms with van der Waals surface area (Å²) >= 11 is 7.24. The predicted molar refractivity (Wildman–Crippen MR) is 139 cm³/mol. The van der Waals surface area contributed by atoms with Gasteiger partial charge in [0.1, 0.15) is 12.4 Å². The molecule has 0 spiro atoms. The fourth-order valence-electron chi connectivity index (χ4n) is 5.45. The number of nitrogens with one attached hydrogen (secondary N) is 1. The number of carbonyl (C=O) groups excluding carboxylic acids is 1. The van der Waals surface area contributed by atoms with E-state index in [1.807, 2.05) is 24.3 Å². The summed E-state index contributed by atoms with van der Waals surface area (Å²) in [7, 11) is 0. The van der Waals surface area contributed by atoms with E-state index < -0.39 is 0 Å². The van der Waals surface area contributed by atoms with Crippen molar-refractivity contribution in [2.75, 3.05) is 0 Å². The van der Waals surface area contributed by atoms with Crippen molar-refractivity contribution in [2.45, 2.75) is 39.2 Å². The molecule has 3 atom stereocenters. The molecule has 2 aliphatic rings. The van der Waals surface area contributed by atoms with Crippen molar-refractivity contribution in [1.29, 1.82) is 0 Å². The van der Waals surface area contributed by atoms with Crippen LogP contribution in [0.2, 0.25) is 0 Å². The molecule has 6 heteroatoms. The molecule has 4 nitrogen and oxygen atoms in total. The van der Waals surface area contributed by atoms with Gasteiger partial charge in [-0.1, -0.05) is 62.2 Å². The minimum absolute atomic E-state index is 0.0498. The number of hydrazone groups is 1. The van der Waals surface area contributed by atoms with Crippen molar-refractivity contribution in [1.82, 2.24) is 5.43 Å². The van der Waals surface area contributed by atoms with E-state index in [0.29, 0.717) is 12.5 Å². The van der Waals surface area contributed by atoms with Crippen LogP contribution in [0.15, 0.2) is 68.6 Å². The standard InChI is InChI=1S/C27H26Br2N2O2/c1-27-12-5-4-11-21(27)24(27)26(32)31-30-15-17-13-22(28)25(23(29)14-17)33-16-19-9-6-8-18-7-2-3-10-20(18)19/h2-3,6-10,13-15,21,24H,4-5,11-12,16H2,1H3,(H,31,32)/b30-15-/t21-,24+,27+/m0/s1. The van der Waals surface area contributed by atoms with Crippen LogP contribution in [0, 0.1) is 17.3 Å². The Morgan fingerprint density at radius 2 is 1.91 bits per heavy atom. The zero-order chi connectivity index (χ0) is 23.0.